The summed E-state index contributed by atoms with van der Waals surface area (Å²) in [4.78, 5) is 9.02. The topological polar surface area (TPSA) is 50.9 Å². The lowest BCUT2D eigenvalue weighted by atomic mass is 10.1. The second kappa shape index (κ2) is 5.77. The predicted octanol–water partition coefficient (Wildman–Crippen LogP) is 3.86. The van der Waals surface area contributed by atoms with Crippen molar-refractivity contribution in [2.45, 2.75) is 6.42 Å². The fraction of sp³-hybridized carbons (Fsp3) is 0.0526. The van der Waals surface area contributed by atoms with E-state index in [1.54, 1.807) is 30.5 Å². The van der Waals surface area contributed by atoms with E-state index in [1.807, 2.05) is 28.8 Å². The predicted molar refractivity (Wildman–Crippen MR) is 89.7 cm³/mol. The third-order valence-electron chi connectivity index (χ3n) is 3.86. The van der Waals surface area contributed by atoms with E-state index >= 15 is 0 Å². The molecule has 0 saturated heterocycles. The van der Waals surface area contributed by atoms with Crippen molar-refractivity contribution in [3.63, 3.8) is 0 Å². The van der Waals surface area contributed by atoms with Gasteiger partial charge >= 0.3 is 0 Å². The van der Waals surface area contributed by atoms with Gasteiger partial charge in [0.05, 0.1) is 5.69 Å². The Hall–Kier alpha value is -3.21. The SMILES string of the molecule is Oc1ccccc1-n1c(Cc2cccc(F)c2)nc2cccnc21. The minimum atomic E-state index is -0.282. The molecule has 4 rings (SSSR count). The van der Waals surface area contributed by atoms with E-state index in [9.17, 15) is 9.50 Å². The van der Waals surface area contributed by atoms with Gasteiger partial charge in [-0.3, -0.25) is 4.57 Å². The van der Waals surface area contributed by atoms with Crippen LogP contribution >= 0.6 is 0 Å². The summed E-state index contributed by atoms with van der Waals surface area (Å²) in [7, 11) is 0. The molecule has 4 nitrogen and oxygen atoms in total. The Morgan fingerprint density at radius 3 is 2.71 bits per heavy atom. The maximum Gasteiger partial charge on any atom is 0.164 e. The van der Waals surface area contributed by atoms with E-state index in [2.05, 4.69) is 9.97 Å². The highest BCUT2D eigenvalue weighted by molar-refractivity contribution is 5.74. The van der Waals surface area contributed by atoms with Gasteiger partial charge in [0.1, 0.15) is 22.9 Å². The summed E-state index contributed by atoms with van der Waals surface area (Å²) in [5.41, 5.74) is 2.80. The molecule has 0 aliphatic rings. The minimum absolute atomic E-state index is 0.142. The smallest absolute Gasteiger partial charge is 0.164 e. The number of para-hydroxylation sites is 2. The molecule has 0 unspecified atom stereocenters. The van der Waals surface area contributed by atoms with Crippen molar-refractivity contribution in [1.29, 1.82) is 0 Å². The molecule has 5 heteroatoms. The van der Waals surface area contributed by atoms with Gasteiger partial charge in [0.15, 0.2) is 5.65 Å². The van der Waals surface area contributed by atoms with E-state index < -0.39 is 0 Å². The van der Waals surface area contributed by atoms with Gasteiger partial charge in [0.25, 0.3) is 0 Å². The van der Waals surface area contributed by atoms with Crippen LogP contribution in [0.3, 0.4) is 0 Å². The van der Waals surface area contributed by atoms with Crippen LogP contribution in [0, 0.1) is 5.82 Å². The summed E-state index contributed by atoms with van der Waals surface area (Å²) >= 11 is 0. The number of pyridine rings is 1. The highest BCUT2D eigenvalue weighted by Gasteiger charge is 2.16. The first-order chi connectivity index (χ1) is 11.7. The van der Waals surface area contributed by atoms with Gasteiger partial charge < -0.3 is 5.11 Å². The summed E-state index contributed by atoms with van der Waals surface area (Å²) in [6.45, 7) is 0. The average molecular weight is 319 g/mol. The van der Waals surface area contributed by atoms with Crippen LogP contribution in [0.4, 0.5) is 4.39 Å². The third kappa shape index (κ3) is 2.50. The molecule has 118 valence electrons. The van der Waals surface area contributed by atoms with Gasteiger partial charge in [0.2, 0.25) is 0 Å². The van der Waals surface area contributed by atoms with E-state index in [1.165, 1.54) is 12.1 Å². The van der Waals surface area contributed by atoms with Crippen LogP contribution < -0.4 is 0 Å². The average Bonchev–Trinajstić information content (AvgIpc) is 2.93. The Morgan fingerprint density at radius 1 is 1.00 bits per heavy atom. The number of aromatic hydroxyl groups is 1. The third-order valence-corrected chi connectivity index (χ3v) is 3.86. The van der Waals surface area contributed by atoms with Crippen LogP contribution in [0.5, 0.6) is 5.75 Å². The molecule has 0 atom stereocenters. The number of phenols is 1. The monoisotopic (exact) mass is 319 g/mol. The number of hydrogen-bond donors (Lipinski definition) is 1. The lowest BCUT2D eigenvalue weighted by molar-refractivity contribution is 0.472. The highest BCUT2D eigenvalue weighted by atomic mass is 19.1. The van der Waals surface area contributed by atoms with E-state index in [0.29, 0.717) is 23.6 Å². The number of nitrogens with zero attached hydrogens (tertiary/aromatic N) is 3. The number of phenolic OH excluding ortho intramolecular Hbond substituents is 1. The number of benzene rings is 2. The number of fused-ring (bicyclic) bond motifs is 1. The summed E-state index contributed by atoms with van der Waals surface area (Å²) in [5.74, 6) is 0.551. The van der Waals surface area contributed by atoms with E-state index in [0.717, 1.165) is 11.1 Å². The first-order valence-electron chi connectivity index (χ1n) is 7.57. The standard InChI is InChI=1S/C19H14FN3O/c20-14-6-3-5-13(11-14)12-18-22-15-7-4-10-21-19(15)23(18)16-8-1-2-9-17(16)24/h1-11,24H,12H2. The molecule has 2 heterocycles. The van der Waals surface area contributed by atoms with Gasteiger partial charge in [-0.1, -0.05) is 24.3 Å². The van der Waals surface area contributed by atoms with E-state index in [-0.39, 0.29) is 11.6 Å². The molecule has 0 amide bonds. The van der Waals surface area contributed by atoms with Crippen LogP contribution in [-0.2, 0) is 6.42 Å². The van der Waals surface area contributed by atoms with Gasteiger partial charge in [-0.25, -0.2) is 14.4 Å². The molecule has 1 N–H and O–H groups in total. The molecule has 2 aromatic carbocycles. The zero-order valence-electron chi connectivity index (χ0n) is 12.7. The van der Waals surface area contributed by atoms with Crippen molar-refractivity contribution in [3.05, 3.63) is 84.1 Å². The number of rotatable bonds is 3. The highest BCUT2D eigenvalue weighted by Crippen LogP contribution is 2.27. The molecule has 0 spiro atoms. The minimum Gasteiger partial charge on any atom is -0.506 e. The van der Waals surface area contributed by atoms with Crippen LogP contribution in [0.1, 0.15) is 11.4 Å². The van der Waals surface area contributed by atoms with Crippen molar-refractivity contribution in [2.24, 2.45) is 0 Å². The molecular weight excluding hydrogens is 305 g/mol. The lowest BCUT2D eigenvalue weighted by Gasteiger charge is -2.10. The Kier molecular flexibility index (Phi) is 3.46. The molecule has 0 radical (unpaired) electrons. The van der Waals surface area contributed by atoms with Gasteiger partial charge in [-0.05, 0) is 42.0 Å². The zero-order chi connectivity index (χ0) is 16.5. The van der Waals surface area contributed by atoms with Gasteiger partial charge in [-0.2, -0.15) is 0 Å². The molecule has 0 bridgehead atoms. The number of aromatic nitrogens is 3. The molecule has 4 aromatic rings. The second-order valence-electron chi connectivity index (χ2n) is 5.50. The zero-order valence-corrected chi connectivity index (χ0v) is 12.7. The molecule has 0 aliphatic heterocycles. The summed E-state index contributed by atoms with van der Waals surface area (Å²) in [6, 6.07) is 17.1. The molecule has 0 aliphatic carbocycles. The number of hydrogen-bond acceptors (Lipinski definition) is 3. The fourth-order valence-corrected chi connectivity index (χ4v) is 2.81. The summed E-state index contributed by atoms with van der Waals surface area (Å²) in [6.07, 6.45) is 2.12. The van der Waals surface area contributed by atoms with Crippen LogP contribution in [0.15, 0.2) is 66.9 Å². The summed E-state index contributed by atoms with van der Waals surface area (Å²) < 4.78 is 15.3. The molecule has 0 fully saturated rings. The molecular formula is C19H14FN3O. The fourth-order valence-electron chi connectivity index (χ4n) is 2.81. The second-order valence-corrected chi connectivity index (χ2v) is 5.50. The maximum absolute atomic E-state index is 13.5. The van der Waals surface area contributed by atoms with Crippen LogP contribution in [0.2, 0.25) is 0 Å². The first-order valence-corrected chi connectivity index (χ1v) is 7.57. The Morgan fingerprint density at radius 2 is 1.88 bits per heavy atom. The largest absolute Gasteiger partial charge is 0.506 e. The Bertz CT molecular complexity index is 1030. The van der Waals surface area contributed by atoms with Crippen molar-refractivity contribution in [3.8, 4) is 11.4 Å². The van der Waals surface area contributed by atoms with Gasteiger partial charge in [-0.15, -0.1) is 0 Å². The van der Waals surface area contributed by atoms with Crippen molar-refractivity contribution in [2.75, 3.05) is 0 Å². The van der Waals surface area contributed by atoms with Gasteiger partial charge in [0, 0.05) is 12.6 Å². The van der Waals surface area contributed by atoms with Crippen molar-refractivity contribution < 1.29 is 9.50 Å². The summed E-state index contributed by atoms with van der Waals surface area (Å²) in [5, 5.41) is 10.2. The maximum atomic E-state index is 13.5. The Labute approximate surface area is 137 Å². The quantitative estimate of drug-likeness (QED) is 0.624. The number of halogens is 1. The first kappa shape index (κ1) is 14.4. The van der Waals surface area contributed by atoms with Crippen LogP contribution in [0.25, 0.3) is 16.9 Å². The lowest BCUT2D eigenvalue weighted by Crippen LogP contribution is -2.03. The molecule has 0 saturated carbocycles. The van der Waals surface area contributed by atoms with Crippen molar-refractivity contribution in [1.82, 2.24) is 14.5 Å². The van der Waals surface area contributed by atoms with Crippen LogP contribution in [-0.4, -0.2) is 19.6 Å². The Balaban J connectivity index is 1.92. The molecule has 24 heavy (non-hydrogen) atoms. The normalized spacial score (nSPS) is 11.0. The van der Waals surface area contributed by atoms with Crippen molar-refractivity contribution >= 4 is 11.2 Å². The van der Waals surface area contributed by atoms with E-state index in [4.69, 9.17) is 0 Å². The molecule has 2 aromatic heterocycles. The number of imidazole rings is 1.